The van der Waals surface area contributed by atoms with Crippen molar-refractivity contribution in [2.24, 2.45) is 0 Å². The molecule has 0 amide bonds. The highest BCUT2D eigenvalue weighted by molar-refractivity contribution is 5.97. The summed E-state index contributed by atoms with van der Waals surface area (Å²) >= 11 is 0. The number of carbonyl (C=O) groups is 1. The fourth-order valence-corrected chi connectivity index (χ4v) is 2.35. The van der Waals surface area contributed by atoms with Gasteiger partial charge in [-0.1, -0.05) is 12.1 Å². The summed E-state index contributed by atoms with van der Waals surface area (Å²) in [7, 11) is 0. The smallest absolute Gasteiger partial charge is 0.150 e. The first-order valence-electron chi connectivity index (χ1n) is 6.36. The predicted octanol–water partition coefficient (Wildman–Crippen LogP) is 2.72. The Hall–Kier alpha value is -2.36. The fourth-order valence-electron chi connectivity index (χ4n) is 2.35. The van der Waals surface area contributed by atoms with E-state index in [1.165, 1.54) is 0 Å². The third-order valence-electron chi connectivity index (χ3n) is 3.34. The second-order valence-electron chi connectivity index (χ2n) is 4.55. The van der Waals surface area contributed by atoms with Crippen molar-refractivity contribution in [3.63, 3.8) is 0 Å². The monoisotopic (exact) mass is 253 g/mol. The summed E-state index contributed by atoms with van der Waals surface area (Å²) in [5.41, 5.74) is 2.98. The van der Waals surface area contributed by atoms with Crippen molar-refractivity contribution >= 4 is 17.2 Å². The summed E-state index contributed by atoms with van der Waals surface area (Å²) in [5, 5.41) is 5.28. The lowest BCUT2D eigenvalue weighted by atomic mass is 10.1. The van der Waals surface area contributed by atoms with Crippen LogP contribution < -0.4 is 0 Å². The molecule has 2 aromatic heterocycles. The van der Waals surface area contributed by atoms with Crippen molar-refractivity contribution in [1.29, 1.82) is 0 Å². The highest BCUT2D eigenvalue weighted by Crippen LogP contribution is 2.20. The zero-order valence-electron chi connectivity index (χ0n) is 10.8. The van der Waals surface area contributed by atoms with E-state index in [0.29, 0.717) is 0 Å². The first kappa shape index (κ1) is 11.7. The van der Waals surface area contributed by atoms with Gasteiger partial charge in [0.25, 0.3) is 0 Å². The number of aldehydes is 1. The highest BCUT2D eigenvalue weighted by atomic mass is 16.1. The van der Waals surface area contributed by atoms with Gasteiger partial charge in [0.2, 0.25) is 0 Å². The van der Waals surface area contributed by atoms with Gasteiger partial charge in [0.15, 0.2) is 6.29 Å². The maximum Gasteiger partial charge on any atom is 0.150 e. The van der Waals surface area contributed by atoms with Gasteiger partial charge in [0.05, 0.1) is 12.7 Å². The molecule has 0 saturated heterocycles. The second kappa shape index (κ2) is 4.72. The number of hydrogen-bond acceptors (Lipinski definition) is 2. The Bertz CT molecular complexity index is 724. The van der Waals surface area contributed by atoms with Crippen LogP contribution in [0.1, 0.15) is 22.8 Å². The first-order valence-corrected chi connectivity index (χ1v) is 6.36. The van der Waals surface area contributed by atoms with Crippen molar-refractivity contribution in [2.75, 3.05) is 0 Å². The van der Waals surface area contributed by atoms with Gasteiger partial charge in [0, 0.05) is 41.0 Å². The van der Waals surface area contributed by atoms with Crippen LogP contribution in [0.5, 0.6) is 0 Å². The number of carbonyl (C=O) groups excluding carboxylic acids is 1. The first-order chi connectivity index (χ1) is 9.31. The van der Waals surface area contributed by atoms with E-state index < -0.39 is 0 Å². The molecule has 2 heterocycles. The van der Waals surface area contributed by atoms with Crippen LogP contribution in [0.2, 0.25) is 0 Å². The number of rotatable bonds is 4. The van der Waals surface area contributed by atoms with Gasteiger partial charge in [-0.05, 0) is 19.1 Å². The summed E-state index contributed by atoms with van der Waals surface area (Å²) < 4.78 is 4.05. The normalized spacial score (nSPS) is 11.0. The van der Waals surface area contributed by atoms with Gasteiger partial charge < -0.3 is 4.57 Å². The number of hydrogen-bond donors (Lipinski definition) is 0. The lowest BCUT2D eigenvalue weighted by molar-refractivity contribution is 0.112. The largest absolute Gasteiger partial charge is 0.343 e. The van der Waals surface area contributed by atoms with Gasteiger partial charge in [0.1, 0.15) is 0 Å². The lowest BCUT2D eigenvalue weighted by Gasteiger charge is -2.03. The van der Waals surface area contributed by atoms with E-state index in [9.17, 15) is 4.79 Å². The molecule has 4 nitrogen and oxygen atoms in total. The number of aryl methyl sites for hydroxylation is 1. The fraction of sp³-hybridized carbons (Fsp3) is 0.200. The zero-order valence-corrected chi connectivity index (χ0v) is 10.8. The summed E-state index contributed by atoms with van der Waals surface area (Å²) in [5.74, 6) is 0. The molecule has 0 saturated carbocycles. The van der Waals surface area contributed by atoms with Gasteiger partial charge in [-0.3, -0.25) is 9.48 Å². The summed E-state index contributed by atoms with van der Waals surface area (Å²) in [4.78, 5) is 11.0. The van der Waals surface area contributed by atoms with Crippen LogP contribution in [0, 0.1) is 0 Å². The predicted molar refractivity (Wildman–Crippen MR) is 74.3 cm³/mol. The minimum Gasteiger partial charge on any atom is -0.343 e. The third kappa shape index (κ3) is 2.05. The number of nitrogens with zero attached hydrogens (tertiary/aromatic N) is 3. The molecule has 0 radical (unpaired) electrons. The second-order valence-corrected chi connectivity index (χ2v) is 4.55. The van der Waals surface area contributed by atoms with Crippen molar-refractivity contribution in [1.82, 2.24) is 14.3 Å². The average Bonchev–Trinajstić information content (AvgIpc) is 3.06. The van der Waals surface area contributed by atoms with Gasteiger partial charge in [-0.25, -0.2) is 0 Å². The quantitative estimate of drug-likeness (QED) is 0.671. The average molecular weight is 253 g/mol. The van der Waals surface area contributed by atoms with Crippen molar-refractivity contribution in [3.05, 3.63) is 54.0 Å². The lowest BCUT2D eigenvalue weighted by Crippen LogP contribution is -1.97. The standard InChI is InChI=1S/C15H15N3O/c1-2-18-10-12(8-16-18)9-17-7-6-14-13(11-19)4-3-5-15(14)17/h3-8,10-11H,2,9H2,1H3. The molecular weight excluding hydrogens is 238 g/mol. The molecular formula is C15H15N3O. The third-order valence-corrected chi connectivity index (χ3v) is 3.34. The van der Waals surface area contributed by atoms with Crippen LogP contribution in [0.15, 0.2) is 42.9 Å². The van der Waals surface area contributed by atoms with E-state index in [1.54, 1.807) is 0 Å². The molecule has 0 fully saturated rings. The molecule has 3 rings (SSSR count). The van der Waals surface area contributed by atoms with E-state index >= 15 is 0 Å². The highest BCUT2D eigenvalue weighted by Gasteiger charge is 2.06. The minimum absolute atomic E-state index is 0.737. The van der Waals surface area contributed by atoms with Crippen LogP contribution in [-0.4, -0.2) is 20.6 Å². The number of aromatic nitrogens is 3. The Morgan fingerprint density at radius 1 is 1.32 bits per heavy atom. The van der Waals surface area contributed by atoms with E-state index in [0.717, 1.165) is 41.4 Å². The van der Waals surface area contributed by atoms with E-state index in [-0.39, 0.29) is 0 Å². The summed E-state index contributed by atoms with van der Waals surface area (Å²) in [6, 6.07) is 7.78. The van der Waals surface area contributed by atoms with Crippen LogP contribution in [0.4, 0.5) is 0 Å². The molecule has 96 valence electrons. The summed E-state index contributed by atoms with van der Waals surface area (Å²) in [6.07, 6.45) is 6.86. The molecule has 0 spiro atoms. The Kier molecular flexibility index (Phi) is 2.91. The number of benzene rings is 1. The zero-order chi connectivity index (χ0) is 13.2. The van der Waals surface area contributed by atoms with Crippen LogP contribution >= 0.6 is 0 Å². The minimum atomic E-state index is 0.737. The maximum atomic E-state index is 11.0. The van der Waals surface area contributed by atoms with Crippen molar-refractivity contribution in [3.8, 4) is 0 Å². The van der Waals surface area contributed by atoms with Gasteiger partial charge in [-0.2, -0.15) is 5.10 Å². The van der Waals surface area contributed by atoms with Crippen LogP contribution in [-0.2, 0) is 13.1 Å². The molecule has 0 aliphatic heterocycles. The molecule has 1 aromatic carbocycles. The Balaban J connectivity index is 1.99. The van der Waals surface area contributed by atoms with Crippen molar-refractivity contribution < 1.29 is 4.79 Å². The van der Waals surface area contributed by atoms with Crippen molar-refractivity contribution in [2.45, 2.75) is 20.0 Å². The molecule has 3 aromatic rings. The topological polar surface area (TPSA) is 39.8 Å². The molecule has 19 heavy (non-hydrogen) atoms. The van der Waals surface area contributed by atoms with E-state index in [4.69, 9.17) is 0 Å². The molecule has 4 heteroatoms. The molecule has 0 unspecified atom stereocenters. The molecule has 0 N–H and O–H groups in total. The Morgan fingerprint density at radius 3 is 2.95 bits per heavy atom. The summed E-state index contributed by atoms with van der Waals surface area (Å²) in [6.45, 7) is 3.71. The molecule has 0 aliphatic carbocycles. The maximum absolute atomic E-state index is 11.0. The Morgan fingerprint density at radius 2 is 2.21 bits per heavy atom. The van der Waals surface area contributed by atoms with Crippen LogP contribution in [0.3, 0.4) is 0 Å². The molecule has 0 aliphatic rings. The SMILES string of the molecule is CCn1cc(Cn2ccc3c(C=O)cccc32)cn1. The molecule has 0 bridgehead atoms. The van der Waals surface area contributed by atoms with Crippen LogP contribution in [0.25, 0.3) is 10.9 Å². The molecule has 0 atom stereocenters. The van der Waals surface area contributed by atoms with Gasteiger partial charge in [-0.15, -0.1) is 0 Å². The van der Waals surface area contributed by atoms with E-state index in [2.05, 4.69) is 22.8 Å². The Labute approximate surface area is 111 Å². The number of fused-ring (bicyclic) bond motifs is 1. The van der Waals surface area contributed by atoms with E-state index in [1.807, 2.05) is 41.3 Å². The van der Waals surface area contributed by atoms with Gasteiger partial charge >= 0.3 is 0 Å².